The van der Waals surface area contributed by atoms with Crippen molar-refractivity contribution in [1.82, 2.24) is 19.5 Å². The fourth-order valence-electron chi connectivity index (χ4n) is 2.67. The third-order valence-corrected chi connectivity index (χ3v) is 4.93. The number of imidazole rings is 1. The van der Waals surface area contributed by atoms with Crippen molar-refractivity contribution in [2.24, 2.45) is 0 Å². The molecular weight excluding hydrogens is 353 g/mol. The fraction of sp³-hybridized carbons (Fsp3) is 0.500. The molecule has 0 aliphatic carbocycles. The molecule has 0 saturated carbocycles. The molecule has 4 N–H and O–H groups in total. The molecule has 23 heavy (non-hydrogen) atoms. The number of phosphoric ester groups is 1. The van der Waals surface area contributed by atoms with E-state index in [4.69, 9.17) is 26.6 Å². The zero-order chi connectivity index (χ0) is 16.4. The molecule has 2 aromatic rings. The van der Waals surface area contributed by atoms with E-state index >= 15 is 0 Å². The van der Waals surface area contributed by atoms with Gasteiger partial charge in [0.05, 0.1) is 6.61 Å². The van der Waals surface area contributed by atoms with Crippen LogP contribution in [0, 0.1) is 0 Å². The minimum absolute atomic E-state index is 0.0250. The van der Waals surface area contributed by atoms with Gasteiger partial charge in [0.2, 0.25) is 5.28 Å². The molecule has 0 radical (unpaired) electrons. The number of halogens is 1. The van der Waals surface area contributed by atoms with Crippen molar-refractivity contribution in [2.45, 2.75) is 24.5 Å². The number of rotatable bonds is 1. The minimum Gasteiger partial charge on any atom is -0.386 e. The summed E-state index contributed by atoms with van der Waals surface area (Å²) >= 11 is 6.10. The summed E-state index contributed by atoms with van der Waals surface area (Å²) in [7, 11) is -4.21. The zero-order valence-corrected chi connectivity index (χ0v) is 13.0. The van der Waals surface area contributed by atoms with Gasteiger partial charge in [-0.15, -0.1) is 0 Å². The van der Waals surface area contributed by atoms with Crippen LogP contribution in [0.2, 0.25) is 5.28 Å². The molecule has 4 heterocycles. The summed E-state index contributed by atoms with van der Waals surface area (Å²) in [5, 5.41) is 10.4. The number of fused-ring (bicyclic) bond motifs is 2. The highest BCUT2D eigenvalue weighted by molar-refractivity contribution is 7.47. The molecule has 0 aromatic carbocycles. The van der Waals surface area contributed by atoms with Crippen molar-refractivity contribution in [3.63, 3.8) is 0 Å². The number of aliphatic hydroxyl groups is 1. The van der Waals surface area contributed by atoms with Gasteiger partial charge in [0, 0.05) is 0 Å². The monoisotopic (exact) mass is 363 g/mol. The highest BCUT2D eigenvalue weighted by atomic mass is 35.5. The highest BCUT2D eigenvalue weighted by Gasteiger charge is 2.53. The predicted octanol–water partition coefficient (Wildman–Crippen LogP) is -0.164. The molecule has 1 unspecified atom stereocenters. The highest BCUT2D eigenvalue weighted by Crippen LogP contribution is 2.52. The standard InChI is InChI=1S/C10H11ClN5O6P/c11-10-15-4-7(12)13-2-14-8(4)16(10)9-5(17)6-3(21-9)1-20-23(18,19)22-6/h2-3,5-6,9,17H,1H2,(H,18,19)(H2,12,13,14)/t3-,5-,6-,9+/m1/s1. The summed E-state index contributed by atoms with van der Waals surface area (Å²) in [5.41, 5.74) is 6.24. The van der Waals surface area contributed by atoms with E-state index in [0.717, 1.165) is 0 Å². The van der Waals surface area contributed by atoms with Crippen LogP contribution in [0.5, 0.6) is 0 Å². The van der Waals surface area contributed by atoms with Crippen LogP contribution in [-0.2, 0) is 18.3 Å². The van der Waals surface area contributed by atoms with Crippen molar-refractivity contribution < 1.29 is 28.3 Å². The molecule has 11 nitrogen and oxygen atoms in total. The van der Waals surface area contributed by atoms with Crippen LogP contribution >= 0.6 is 19.4 Å². The quantitative estimate of drug-likeness (QED) is 0.459. The molecule has 2 aliphatic rings. The summed E-state index contributed by atoms with van der Waals surface area (Å²) < 4.78 is 28.0. The number of hydrogen-bond acceptors (Lipinski definition) is 9. The molecule has 0 bridgehead atoms. The lowest BCUT2D eigenvalue weighted by atomic mass is 10.1. The van der Waals surface area contributed by atoms with E-state index in [-0.39, 0.29) is 28.9 Å². The molecule has 2 fully saturated rings. The first-order valence-electron chi connectivity index (χ1n) is 6.50. The fourth-order valence-corrected chi connectivity index (χ4v) is 3.90. The van der Waals surface area contributed by atoms with Gasteiger partial charge in [-0.2, -0.15) is 0 Å². The topological polar surface area (TPSA) is 155 Å². The Balaban J connectivity index is 1.76. The lowest BCUT2D eigenvalue weighted by molar-refractivity contribution is -0.0663. The molecule has 13 heteroatoms. The first kappa shape index (κ1) is 15.2. The third-order valence-electron chi connectivity index (χ3n) is 3.68. The lowest BCUT2D eigenvalue weighted by Gasteiger charge is -2.27. The predicted molar refractivity (Wildman–Crippen MR) is 75.3 cm³/mol. The van der Waals surface area contributed by atoms with Gasteiger partial charge in [0.1, 0.15) is 24.6 Å². The Morgan fingerprint density at radius 1 is 1.48 bits per heavy atom. The van der Waals surface area contributed by atoms with Gasteiger partial charge >= 0.3 is 7.82 Å². The van der Waals surface area contributed by atoms with Crippen LogP contribution in [0.15, 0.2) is 6.33 Å². The Hall–Kier alpha value is -1.33. The lowest BCUT2D eigenvalue weighted by Crippen LogP contribution is -2.39. The van der Waals surface area contributed by atoms with Crippen molar-refractivity contribution in [3.05, 3.63) is 11.6 Å². The van der Waals surface area contributed by atoms with Gasteiger partial charge in [0.15, 0.2) is 23.2 Å². The third kappa shape index (κ3) is 2.32. The van der Waals surface area contributed by atoms with Crippen LogP contribution < -0.4 is 5.73 Å². The van der Waals surface area contributed by atoms with E-state index in [0.29, 0.717) is 0 Å². The van der Waals surface area contributed by atoms with Gasteiger partial charge in [0.25, 0.3) is 0 Å². The van der Waals surface area contributed by atoms with Crippen LogP contribution in [-0.4, -0.2) is 54.4 Å². The average molecular weight is 364 g/mol. The molecule has 2 saturated heterocycles. The number of anilines is 1. The number of phosphoric acid groups is 1. The van der Waals surface area contributed by atoms with Gasteiger partial charge < -0.3 is 20.5 Å². The Bertz CT molecular complexity index is 831. The van der Waals surface area contributed by atoms with Crippen LogP contribution in [0.3, 0.4) is 0 Å². The SMILES string of the molecule is Nc1ncnc2c1nc(Cl)n2[C@H]1O[C@@H]2COP(=O)(O)O[C@H]2[C@H]1O. The molecule has 124 valence electrons. The Morgan fingerprint density at radius 2 is 2.26 bits per heavy atom. The van der Waals surface area contributed by atoms with Gasteiger partial charge in [-0.3, -0.25) is 13.6 Å². The van der Waals surface area contributed by atoms with Gasteiger partial charge in [-0.05, 0) is 11.6 Å². The summed E-state index contributed by atoms with van der Waals surface area (Å²) in [6, 6.07) is 0. The van der Waals surface area contributed by atoms with Crippen LogP contribution in [0.4, 0.5) is 5.82 Å². The van der Waals surface area contributed by atoms with Crippen molar-refractivity contribution >= 4 is 36.4 Å². The summed E-state index contributed by atoms with van der Waals surface area (Å²) in [4.78, 5) is 21.3. The van der Waals surface area contributed by atoms with Crippen molar-refractivity contribution in [2.75, 3.05) is 12.3 Å². The minimum atomic E-state index is -4.21. The Morgan fingerprint density at radius 3 is 3.04 bits per heavy atom. The van der Waals surface area contributed by atoms with Gasteiger partial charge in [-0.1, -0.05) is 0 Å². The number of aromatic nitrogens is 4. The average Bonchev–Trinajstić information content (AvgIpc) is 2.97. The van der Waals surface area contributed by atoms with Crippen LogP contribution in [0.25, 0.3) is 11.2 Å². The number of ether oxygens (including phenoxy) is 1. The molecular formula is C10H11ClN5O6P. The first-order valence-corrected chi connectivity index (χ1v) is 8.38. The number of hydrogen-bond donors (Lipinski definition) is 3. The van der Waals surface area contributed by atoms with Crippen molar-refractivity contribution in [3.8, 4) is 0 Å². The number of nitrogen functional groups attached to an aromatic ring is 1. The second-order valence-electron chi connectivity index (χ2n) is 5.07. The van der Waals surface area contributed by atoms with E-state index in [1.54, 1.807) is 0 Å². The van der Waals surface area contributed by atoms with Gasteiger partial charge in [-0.25, -0.2) is 19.5 Å². The maximum Gasteiger partial charge on any atom is 0.472 e. The maximum absolute atomic E-state index is 11.5. The van der Waals surface area contributed by atoms with E-state index in [2.05, 4.69) is 19.5 Å². The Kier molecular flexibility index (Phi) is 3.36. The molecule has 5 atom stereocenters. The van der Waals surface area contributed by atoms with E-state index < -0.39 is 32.4 Å². The second-order valence-corrected chi connectivity index (χ2v) is 6.82. The number of nitrogens with zero attached hydrogens (tertiary/aromatic N) is 4. The molecule has 4 rings (SSSR count). The number of aliphatic hydroxyl groups excluding tert-OH is 1. The number of nitrogens with two attached hydrogens (primary N) is 1. The second kappa shape index (κ2) is 5.08. The van der Waals surface area contributed by atoms with E-state index in [9.17, 15) is 14.6 Å². The summed E-state index contributed by atoms with van der Waals surface area (Å²) in [6.45, 7) is -0.201. The normalized spacial score (nSPS) is 37.2. The Labute approximate surface area is 133 Å². The summed E-state index contributed by atoms with van der Waals surface area (Å²) in [5.74, 6) is 0.125. The largest absolute Gasteiger partial charge is 0.472 e. The molecule has 0 spiro atoms. The van der Waals surface area contributed by atoms with E-state index in [1.165, 1.54) is 10.9 Å². The molecule has 2 aliphatic heterocycles. The maximum atomic E-state index is 11.5. The smallest absolute Gasteiger partial charge is 0.386 e. The van der Waals surface area contributed by atoms with E-state index in [1.807, 2.05) is 0 Å². The van der Waals surface area contributed by atoms with Crippen LogP contribution in [0.1, 0.15) is 6.23 Å². The first-order chi connectivity index (χ1) is 10.9. The molecule has 0 amide bonds. The summed E-state index contributed by atoms with van der Waals surface area (Å²) in [6.07, 6.45) is -2.87. The zero-order valence-electron chi connectivity index (χ0n) is 11.3. The van der Waals surface area contributed by atoms with Crippen molar-refractivity contribution in [1.29, 1.82) is 0 Å². The molecule has 2 aromatic heterocycles.